The summed E-state index contributed by atoms with van der Waals surface area (Å²) in [6, 6.07) is 14.2. The van der Waals surface area contributed by atoms with E-state index >= 15 is 0 Å². The number of para-hydroxylation sites is 1. The minimum atomic E-state index is 0.675. The third-order valence-corrected chi connectivity index (χ3v) is 4.60. The predicted molar refractivity (Wildman–Crippen MR) is 109 cm³/mol. The zero-order valence-electron chi connectivity index (χ0n) is 15.4. The van der Waals surface area contributed by atoms with Gasteiger partial charge in [-0.05, 0) is 30.2 Å². The molecule has 4 rings (SSSR count). The number of nitrogens with zero attached hydrogens (tertiary/aromatic N) is 1. The van der Waals surface area contributed by atoms with Gasteiger partial charge in [-0.25, -0.2) is 0 Å². The van der Waals surface area contributed by atoms with Crippen molar-refractivity contribution in [2.75, 3.05) is 32.1 Å². The average Bonchev–Trinajstić information content (AvgIpc) is 2.96. The van der Waals surface area contributed by atoms with Gasteiger partial charge in [0.05, 0.1) is 13.2 Å². The lowest BCUT2D eigenvalue weighted by Crippen LogP contribution is -2.32. The molecule has 2 heterocycles. The molecule has 1 aliphatic heterocycles. The quantitative estimate of drug-likeness (QED) is 0.489. The second kappa shape index (κ2) is 8.03. The summed E-state index contributed by atoms with van der Waals surface area (Å²) in [4.78, 5) is 7.62. The third kappa shape index (κ3) is 4.00. The van der Waals surface area contributed by atoms with Gasteiger partial charge in [0.2, 0.25) is 0 Å². The van der Waals surface area contributed by atoms with Crippen LogP contribution in [0.5, 0.6) is 11.5 Å². The predicted octanol–water partition coefficient (Wildman–Crippen LogP) is 3.56. The Morgan fingerprint density at radius 2 is 1.96 bits per heavy atom. The van der Waals surface area contributed by atoms with E-state index in [1.807, 2.05) is 24.3 Å². The minimum Gasteiger partial charge on any atom is -0.490 e. The maximum atomic E-state index is 5.75. The number of hydrogen-bond acceptors (Lipinski definition) is 3. The van der Waals surface area contributed by atoms with Crippen molar-refractivity contribution in [3.05, 3.63) is 54.2 Å². The van der Waals surface area contributed by atoms with Crippen molar-refractivity contribution in [1.82, 2.24) is 10.3 Å². The number of rotatable bonds is 4. The van der Waals surface area contributed by atoms with Crippen LogP contribution in [0.3, 0.4) is 0 Å². The second-order valence-electron chi connectivity index (χ2n) is 6.45. The van der Waals surface area contributed by atoms with Gasteiger partial charge < -0.3 is 25.1 Å². The lowest BCUT2D eigenvalue weighted by Gasteiger charge is -2.14. The van der Waals surface area contributed by atoms with Gasteiger partial charge in [-0.3, -0.25) is 4.99 Å². The molecule has 140 valence electrons. The van der Waals surface area contributed by atoms with Gasteiger partial charge in [-0.15, -0.1) is 0 Å². The number of hydrogen-bond donors (Lipinski definition) is 3. The summed E-state index contributed by atoms with van der Waals surface area (Å²) in [6.45, 7) is 2.15. The number of guanidine groups is 1. The molecule has 0 aliphatic carbocycles. The Labute approximate surface area is 158 Å². The van der Waals surface area contributed by atoms with E-state index in [0.717, 1.165) is 42.5 Å². The lowest BCUT2D eigenvalue weighted by molar-refractivity contribution is 0.297. The molecule has 3 N–H and O–H groups in total. The van der Waals surface area contributed by atoms with Crippen LogP contribution in [-0.2, 0) is 6.42 Å². The third-order valence-electron chi connectivity index (χ3n) is 4.60. The largest absolute Gasteiger partial charge is 0.490 e. The van der Waals surface area contributed by atoms with E-state index in [9.17, 15) is 0 Å². The van der Waals surface area contributed by atoms with Gasteiger partial charge in [0, 0.05) is 48.9 Å². The number of fused-ring (bicyclic) bond motifs is 2. The summed E-state index contributed by atoms with van der Waals surface area (Å²) in [5.41, 5.74) is 3.38. The van der Waals surface area contributed by atoms with Crippen LogP contribution in [0, 0.1) is 0 Å². The Kier molecular flexibility index (Phi) is 5.14. The Hall–Kier alpha value is -3.15. The Balaban J connectivity index is 1.36. The van der Waals surface area contributed by atoms with Crippen LogP contribution < -0.4 is 20.1 Å². The summed E-state index contributed by atoms with van der Waals surface area (Å²) in [7, 11) is 1.77. The van der Waals surface area contributed by atoms with Crippen LogP contribution >= 0.6 is 0 Å². The van der Waals surface area contributed by atoms with Gasteiger partial charge in [-0.1, -0.05) is 18.2 Å². The second-order valence-corrected chi connectivity index (χ2v) is 6.45. The fourth-order valence-electron chi connectivity index (χ4n) is 3.21. The zero-order valence-corrected chi connectivity index (χ0v) is 15.4. The summed E-state index contributed by atoms with van der Waals surface area (Å²) < 4.78 is 11.4. The maximum Gasteiger partial charge on any atom is 0.195 e. The summed E-state index contributed by atoms with van der Waals surface area (Å²) >= 11 is 0. The normalized spacial score (nSPS) is 14.0. The summed E-state index contributed by atoms with van der Waals surface area (Å²) in [6.07, 6.45) is 3.88. The Morgan fingerprint density at radius 3 is 2.85 bits per heavy atom. The first kappa shape index (κ1) is 17.3. The molecular weight excluding hydrogens is 340 g/mol. The number of benzene rings is 2. The molecule has 0 bridgehead atoms. The van der Waals surface area contributed by atoms with Crippen molar-refractivity contribution in [3.63, 3.8) is 0 Å². The van der Waals surface area contributed by atoms with Crippen molar-refractivity contribution in [3.8, 4) is 11.5 Å². The van der Waals surface area contributed by atoms with Crippen LogP contribution in [0.25, 0.3) is 10.9 Å². The molecular formula is C21H24N4O2. The van der Waals surface area contributed by atoms with Gasteiger partial charge in [0.1, 0.15) is 0 Å². The van der Waals surface area contributed by atoms with Crippen molar-refractivity contribution in [2.45, 2.75) is 12.8 Å². The molecule has 0 amide bonds. The molecule has 0 radical (unpaired) electrons. The molecule has 2 aromatic carbocycles. The van der Waals surface area contributed by atoms with Crippen molar-refractivity contribution >= 4 is 22.5 Å². The van der Waals surface area contributed by atoms with Crippen LogP contribution in [0.2, 0.25) is 0 Å². The minimum absolute atomic E-state index is 0.675. The molecule has 27 heavy (non-hydrogen) atoms. The van der Waals surface area contributed by atoms with E-state index in [4.69, 9.17) is 9.47 Å². The molecule has 0 saturated heterocycles. The monoisotopic (exact) mass is 364 g/mol. The number of aliphatic imine (C=N–C) groups is 1. The highest BCUT2D eigenvalue weighted by Gasteiger charge is 2.11. The van der Waals surface area contributed by atoms with E-state index in [1.165, 1.54) is 16.5 Å². The Morgan fingerprint density at radius 1 is 1.11 bits per heavy atom. The number of ether oxygens (including phenoxy) is 2. The lowest BCUT2D eigenvalue weighted by atomic mass is 10.1. The van der Waals surface area contributed by atoms with Crippen molar-refractivity contribution in [2.24, 2.45) is 4.99 Å². The van der Waals surface area contributed by atoms with E-state index in [-0.39, 0.29) is 0 Å². The van der Waals surface area contributed by atoms with Crippen molar-refractivity contribution in [1.29, 1.82) is 0 Å². The molecule has 1 aromatic heterocycles. The number of aromatic nitrogens is 1. The number of H-pyrrole nitrogens is 1. The first-order valence-electron chi connectivity index (χ1n) is 9.26. The highest BCUT2D eigenvalue weighted by molar-refractivity contribution is 5.94. The summed E-state index contributed by atoms with van der Waals surface area (Å²) in [5, 5.41) is 7.95. The van der Waals surface area contributed by atoms with Crippen molar-refractivity contribution < 1.29 is 9.47 Å². The highest BCUT2D eigenvalue weighted by Crippen LogP contribution is 2.32. The smallest absolute Gasteiger partial charge is 0.195 e. The van der Waals surface area contributed by atoms with E-state index in [1.54, 1.807) is 7.05 Å². The molecule has 3 aromatic rings. The van der Waals surface area contributed by atoms with E-state index in [0.29, 0.717) is 13.2 Å². The number of anilines is 1. The van der Waals surface area contributed by atoms with Crippen LogP contribution in [0.1, 0.15) is 12.0 Å². The molecule has 0 spiro atoms. The standard InChI is InChI=1S/C21H24N4O2/c1-22-21(23-10-9-15-14-24-18-6-3-2-5-17(15)18)25-16-7-8-19-20(13-16)27-12-4-11-26-19/h2-3,5-8,13-14,24H,4,9-12H2,1H3,(H2,22,23,25). The molecule has 0 saturated carbocycles. The fraction of sp³-hybridized carbons (Fsp3) is 0.286. The Bertz CT molecular complexity index is 948. The molecule has 6 heteroatoms. The molecule has 0 atom stereocenters. The van der Waals surface area contributed by atoms with Crippen LogP contribution in [-0.4, -0.2) is 37.7 Å². The first-order valence-corrected chi connectivity index (χ1v) is 9.26. The molecule has 0 fully saturated rings. The number of nitrogens with one attached hydrogen (secondary N) is 3. The van der Waals surface area contributed by atoms with E-state index < -0.39 is 0 Å². The first-order chi connectivity index (χ1) is 13.3. The highest BCUT2D eigenvalue weighted by atomic mass is 16.5. The van der Waals surface area contributed by atoms with Gasteiger partial charge in [0.25, 0.3) is 0 Å². The van der Waals surface area contributed by atoms with E-state index in [2.05, 4.69) is 45.0 Å². The molecule has 1 aliphatic rings. The topological polar surface area (TPSA) is 70.7 Å². The molecule has 6 nitrogen and oxygen atoms in total. The van der Waals surface area contributed by atoms with Crippen LogP contribution in [0.15, 0.2) is 53.7 Å². The number of aromatic amines is 1. The van der Waals surface area contributed by atoms with Gasteiger partial charge in [-0.2, -0.15) is 0 Å². The SMILES string of the molecule is CN=C(NCCc1c[nH]c2ccccc12)Nc1ccc2c(c1)OCCCO2. The zero-order chi connectivity index (χ0) is 18.5. The average molecular weight is 364 g/mol. The van der Waals surface area contributed by atoms with Gasteiger partial charge in [0.15, 0.2) is 17.5 Å². The van der Waals surface area contributed by atoms with Gasteiger partial charge >= 0.3 is 0 Å². The van der Waals surface area contributed by atoms with Crippen LogP contribution in [0.4, 0.5) is 5.69 Å². The maximum absolute atomic E-state index is 5.75. The summed E-state index contributed by atoms with van der Waals surface area (Å²) in [5.74, 6) is 2.29. The fourth-order valence-corrected chi connectivity index (χ4v) is 3.21. The molecule has 0 unspecified atom stereocenters.